The second kappa shape index (κ2) is 7.38. The number of rotatable bonds is 3. The minimum atomic E-state index is -1.00. The molecule has 2 aromatic carbocycles. The lowest BCUT2D eigenvalue weighted by Gasteiger charge is -2.26. The first-order valence-electron chi connectivity index (χ1n) is 9.15. The maximum absolute atomic E-state index is 11.0. The Hall–Kier alpha value is -2.53. The Morgan fingerprint density at radius 3 is 2.42 bits per heavy atom. The highest BCUT2D eigenvalue weighted by Gasteiger charge is 2.23. The Bertz CT molecular complexity index is 781. The lowest BCUT2D eigenvalue weighted by molar-refractivity contribution is 0.0853. The number of carboxylic acid groups (broad SMARTS) is 1. The average Bonchev–Trinajstić information content (AvgIpc) is 2.68. The van der Waals surface area contributed by atoms with E-state index in [1.165, 1.54) is 5.56 Å². The number of carbonyl (C=O) groups is 1. The molecule has 5 heteroatoms. The molecule has 26 heavy (non-hydrogen) atoms. The number of hydrogen-bond acceptors (Lipinski definition) is 3. The molecule has 1 amide bonds. The quantitative estimate of drug-likeness (QED) is 0.861. The second-order valence-corrected chi connectivity index (χ2v) is 6.90. The van der Waals surface area contributed by atoms with Crippen LogP contribution in [0.15, 0.2) is 42.5 Å². The Morgan fingerprint density at radius 1 is 0.962 bits per heavy atom. The summed E-state index contributed by atoms with van der Waals surface area (Å²) in [5.74, 6) is 1.36. The van der Waals surface area contributed by atoms with Gasteiger partial charge in [-0.05, 0) is 41.5 Å². The molecule has 0 radical (unpaired) electrons. The normalized spacial score (nSPS) is 20.1. The third-order valence-electron chi connectivity index (χ3n) is 5.29. The largest absolute Gasteiger partial charge is 0.493 e. The lowest BCUT2D eigenvalue weighted by Crippen LogP contribution is -2.30. The molecule has 2 N–H and O–H groups in total. The molecule has 2 aliphatic rings. The van der Waals surface area contributed by atoms with Crippen molar-refractivity contribution in [1.82, 2.24) is 5.32 Å². The highest BCUT2D eigenvalue weighted by Crippen LogP contribution is 2.36. The van der Waals surface area contributed by atoms with Gasteiger partial charge in [-0.15, -0.1) is 0 Å². The first-order chi connectivity index (χ1) is 12.7. The average molecular weight is 353 g/mol. The highest BCUT2D eigenvalue weighted by atomic mass is 16.5. The Balaban J connectivity index is 1.55. The van der Waals surface area contributed by atoms with Crippen LogP contribution in [0.4, 0.5) is 4.79 Å². The van der Waals surface area contributed by atoms with Crippen LogP contribution in [0, 0.1) is 0 Å². The molecule has 4 rings (SSSR count). The van der Waals surface area contributed by atoms with Crippen molar-refractivity contribution >= 4 is 6.09 Å². The van der Waals surface area contributed by atoms with Gasteiger partial charge in [0.05, 0.1) is 12.6 Å². The summed E-state index contributed by atoms with van der Waals surface area (Å²) < 4.78 is 11.2. The maximum atomic E-state index is 11.0. The van der Waals surface area contributed by atoms with Gasteiger partial charge in [0, 0.05) is 25.2 Å². The first kappa shape index (κ1) is 16.9. The summed E-state index contributed by atoms with van der Waals surface area (Å²) in [6, 6.07) is 14.5. The van der Waals surface area contributed by atoms with Gasteiger partial charge in [0.15, 0.2) is 0 Å². The van der Waals surface area contributed by atoms with Crippen LogP contribution in [0.1, 0.15) is 42.3 Å². The van der Waals surface area contributed by atoms with Crippen molar-refractivity contribution in [2.75, 3.05) is 19.8 Å². The molecule has 5 nitrogen and oxygen atoms in total. The number of amides is 1. The molecule has 0 saturated carbocycles. The predicted molar refractivity (Wildman–Crippen MR) is 98.7 cm³/mol. The molecule has 0 spiro atoms. The van der Waals surface area contributed by atoms with Crippen molar-refractivity contribution in [3.05, 3.63) is 53.6 Å². The fraction of sp³-hybridized carbons (Fsp3) is 0.381. The monoisotopic (exact) mass is 353 g/mol. The van der Waals surface area contributed by atoms with Crippen molar-refractivity contribution in [1.29, 1.82) is 0 Å². The van der Waals surface area contributed by atoms with Crippen LogP contribution in [-0.2, 0) is 4.74 Å². The third kappa shape index (κ3) is 3.53. The van der Waals surface area contributed by atoms with Crippen LogP contribution < -0.4 is 10.1 Å². The summed E-state index contributed by atoms with van der Waals surface area (Å²) in [5, 5.41) is 11.6. The van der Waals surface area contributed by atoms with E-state index in [0.29, 0.717) is 18.9 Å². The van der Waals surface area contributed by atoms with Crippen LogP contribution in [0.5, 0.6) is 5.75 Å². The van der Waals surface area contributed by atoms with Crippen LogP contribution >= 0.6 is 0 Å². The zero-order chi connectivity index (χ0) is 17.9. The van der Waals surface area contributed by atoms with Gasteiger partial charge < -0.3 is 19.9 Å². The van der Waals surface area contributed by atoms with E-state index in [9.17, 15) is 4.79 Å². The highest BCUT2D eigenvalue weighted by molar-refractivity contribution is 5.68. The van der Waals surface area contributed by atoms with Crippen LogP contribution in [-0.4, -0.2) is 31.0 Å². The number of fused-ring (bicyclic) bond motifs is 1. The summed E-state index contributed by atoms with van der Waals surface area (Å²) in [6.07, 6.45) is 1.82. The van der Waals surface area contributed by atoms with Gasteiger partial charge in [-0.3, -0.25) is 0 Å². The van der Waals surface area contributed by atoms with E-state index in [4.69, 9.17) is 14.6 Å². The molecule has 2 aliphatic heterocycles. The zero-order valence-corrected chi connectivity index (χ0v) is 14.6. The third-order valence-corrected chi connectivity index (χ3v) is 5.29. The fourth-order valence-electron chi connectivity index (χ4n) is 3.85. The fourth-order valence-corrected chi connectivity index (χ4v) is 3.85. The summed E-state index contributed by atoms with van der Waals surface area (Å²) >= 11 is 0. The van der Waals surface area contributed by atoms with E-state index in [0.717, 1.165) is 48.5 Å². The molecular weight excluding hydrogens is 330 g/mol. The van der Waals surface area contributed by atoms with Crippen molar-refractivity contribution < 1.29 is 19.4 Å². The van der Waals surface area contributed by atoms with E-state index in [1.807, 2.05) is 18.2 Å². The van der Waals surface area contributed by atoms with Gasteiger partial charge in [0.25, 0.3) is 0 Å². The molecule has 1 unspecified atom stereocenters. The Kier molecular flexibility index (Phi) is 4.80. The van der Waals surface area contributed by atoms with E-state index < -0.39 is 6.09 Å². The molecule has 2 aromatic rings. The molecule has 0 bridgehead atoms. The predicted octanol–water partition coefficient (Wildman–Crippen LogP) is 4.34. The number of ether oxygens (including phenoxy) is 2. The SMILES string of the molecule is O=C(O)NC1CCOc2cc(-c3ccc(C4CCOCC4)cc3)ccc21. The topological polar surface area (TPSA) is 67.8 Å². The molecule has 0 aliphatic carbocycles. The smallest absolute Gasteiger partial charge is 0.405 e. The minimum Gasteiger partial charge on any atom is -0.493 e. The van der Waals surface area contributed by atoms with Gasteiger partial charge >= 0.3 is 6.09 Å². The molecule has 136 valence electrons. The van der Waals surface area contributed by atoms with Gasteiger partial charge in [-0.25, -0.2) is 4.79 Å². The zero-order valence-electron chi connectivity index (χ0n) is 14.6. The number of hydrogen-bond donors (Lipinski definition) is 2. The van der Waals surface area contributed by atoms with E-state index in [1.54, 1.807) is 0 Å². The second-order valence-electron chi connectivity index (χ2n) is 6.90. The van der Waals surface area contributed by atoms with Gasteiger partial charge in [0.1, 0.15) is 5.75 Å². The van der Waals surface area contributed by atoms with Crippen LogP contribution in [0.25, 0.3) is 11.1 Å². The first-order valence-corrected chi connectivity index (χ1v) is 9.15. The summed E-state index contributed by atoms with van der Waals surface area (Å²) in [4.78, 5) is 11.0. The van der Waals surface area contributed by atoms with Gasteiger partial charge in [-0.2, -0.15) is 0 Å². The molecular formula is C21H23NO4. The molecule has 2 heterocycles. The maximum Gasteiger partial charge on any atom is 0.405 e. The van der Waals surface area contributed by atoms with E-state index in [-0.39, 0.29) is 6.04 Å². The van der Waals surface area contributed by atoms with E-state index >= 15 is 0 Å². The molecule has 1 atom stereocenters. The van der Waals surface area contributed by atoms with Crippen molar-refractivity contribution in [2.24, 2.45) is 0 Å². The van der Waals surface area contributed by atoms with Crippen molar-refractivity contribution in [2.45, 2.75) is 31.2 Å². The number of nitrogens with one attached hydrogen (secondary N) is 1. The molecule has 0 aromatic heterocycles. The van der Waals surface area contributed by atoms with E-state index in [2.05, 4.69) is 29.6 Å². The lowest BCUT2D eigenvalue weighted by atomic mass is 9.90. The van der Waals surface area contributed by atoms with Crippen LogP contribution in [0.3, 0.4) is 0 Å². The number of benzene rings is 2. The Labute approximate surface area is 152 Å². The van der Waals surface area contributed by atoms with Crippen LogP contribution in [0.2, 0.25) is 0 Å². The summed E-state index contributed by atoms with van der Waals surface area (Å²) in [5.41, 5.74) is 4.50. The minimum absolute atomic E-state index is 0.207. The Morgan fingerprint density at radius 2 is 1.69 bits per heavy atom. The standard InChI is InChI=1S/C21H23NO4/c23-21(24)22-19-9-12-26-20-13-17(5-6-18(19)20)15-3-1-14(2-4-15)16-7-10-25-11-8-16/h1-6,13,16,19,22H,7-12H2,(H,23,24). The molecule has 1 fully saturated rings. The summed E-state index contributed by atoms with van der Waals surface area (Å²) in [7, 11) is 0. The van der Waals surface area contributed by atoms with Crippen molar-refractivity contribution in [3.63, 3.8) is 0 Å². The van der Waals surface area contributed by atoms with Gasteiger partial charge in [0.2, 0.25) is 0 Å². The van der Waals surface area contributed by atoms with Gasteiger partial charge in [-0.1, -0.05) is 36.4 Å². The molecule has 1 saturated heterocycles. The summed E-state index contributed by atoms with van der Waals surface area (Å²) in [6.45, 7) is 2.21. The van der Waals surface area contributed by atoms with Crippen molar-refractivity contribution in [3.8, 4) is 16.9 Å².